The molecule has 0 aliphatic carbocycles. The standard InChI is InChI=1S/C9H8Cl2O3/c1-4-3-5(10)8(14-2)6(7(4)11)9(12)13/h3H,1-2H3,(H,12,13). The molecular formula is C9H8Cl2O3. The molecular weight excluding hydrogens is 227 g/mol. The molecule has 0 saturated heterocycles. The molecule has 0 unspecified atom stereocenters. The number of hydrogen-bond donors (Lipinski definition) is 1. The van der Waals surface area contributed by atoms with E-state index in [2.05, 4.69) is 0 Å². The lowest BCUT2D eigenvalue weighted by Crippen LogP contribution is -2.03. The van der Waals surface area contributed by atoms with Gasteiger partial charge in [-0.3, -0.25) is 0 Å². The molecule has 14 heavy (non-hydrogen) atoms. The fraction of sp³-hybridized carbons (Fsp3) is 0.222. The van der Waals surface area contributed by atoms with E-state index in [1.807, 2.05) is 0 Å². The fourth-order valence-corrected chi connectivity index (χ4v) is 1.68. The first kappa shape index (κ1) is 11.1. The Kier molecular flexibility index (Phi) is 3.24. The van der Waals surface area contributed by atoms with E-state index in [0.717, 1.165) is 0 Å². The molecule has 0 atom stereocenters. The van der Waals surface area contributed by atoms with Crippen LogP contribution in [0.2, 0.25) is 10.0 Å². The Morgan fingerprint density at radius 1 is 1.50 bits per heavy atom. The summed E-state index contributed by atoms with van der Waals surface area (Å²) in [5, 5.41) is 9.30. The lowest BCUT2D eigenvalue weighted by Gasteiger charge is -2.10. The van der Waals surface area contributed by atoms with Crippen molar-refractivity contribution >= 4 is 29.2 Å². The molecule has 3 nitrogen and oxygen atoms in total. The molecule has 1 aromatic carbocycles. The minimum absolute atomic E-state index is 0.0924. The van der Waals surface area contributed by atoms with Crippen LogP contribution in [0.25, 0.3) is 0 Å². The minimum atomic E-state index is -1.16. The van der Waals surface area contributed by atoms with Crippen LogP contribution in [-0.2, 0) is 0 Å². The number of methoxy groups -OCH3 is 1. The quantitative estimate of drug-likeness (QED) is 0.856. The monoisotopic (exact) mass is 234 g/mol. The number of carboxylic acids is 1. The van der Waals surface area contributed by atoms with Crippen molar-refractivity contribution in [1.82, 2.24) is 0 Å². The van der Waals surface area contributed by atoms with Gasteiger partial charge in [-0.05, 0) is 18.6 Å². The topological polar surface area (TPSA) is 46.5 Å². The van der Waals surface area contributed by atoms with Crippen LogP contribution in [0.5, 0.6) is 5.75 Å². The summed E-state index contributed by atoms with van der Waals surface area (Å²) >= 11 is 11.6. The zero-order chi connectivity index (χ0) is 10.9. The van der Waals surface area contributed by atoms with Crippen molar-refractivity contribution in [3.63, 3.8) is 0 Å². The summed E-state index contributed by atoms with van der Waals surface area (Å²) in [5.41, 5.74) is 0.508. The molecule has 5 heteroatoms. The van der Waals surface area contributed by atoms with E-state index >= 15 is 0 Å². The van der Waals surface area contributed by atoms with Crippen LogP contribution < -0.4 is 4.74 Å². The molecule has 0 amide bonds. The lowest BCUT2D eigenvalue weighted by molar-refractivity contribution is 0.0693. The van der Waals surface area contributed by atoms with E-state index in [1.165, 1.54) is 7.11 Å². The highest BCUT2D eigenvalue weighted by Crippen LogP contribution is 2.36. The van der Waals surface area contributed by atoms with Crippen LogP contribution in [0, 0.1) is 6.92 Å². The molecule has 0 spiro atoms. The third kappa shape index (κ3) is 1.79. The average molecular weight is 235 g/mol. The highest BCUT2D eigenvalue weighted by Gasteiger charge is 2.20. The van der Waals surface area contributed by atoms with E-state index < -0.39 is 5.97 Å². The molecule has 0 fully saturated rings. The number of carboxylic acid groups (broad SMARTS) is 1. The summed E-state index contributed by atoms with van der Waals surface area (Å²) in [6.07, 6.45) is 0. The molecule has 0 radical (unpaired) electrons. The van der Waals surface area contributed by atoms with E-state index in [-0.39, 0.29) is 21.4 Å². The van der Waals surface area contributed by atoms with Crippen LogP contribution in [-0.4, -0.2) is 18.2 Å². The summed E-state index contributed by atoms with van der Waals surface area (Å²) in [6, 6.07) is 1.56. The maximum absolute atomic E-state index is 10.9. The maximum atomic E-state index is 10.9. The van der Waals surface area contributed by atoms with Crippen molar-refractivity contribution in [2.24, 2.45) is 0 Å². The summed E-state index contributed by atoms with van der Waals surface area (Å²) in [6.45, 7) is 1.68. The number of carbonyl (C=O) groups is 1. The Hall–Kier alpha value is -0.930. The van der Waals surface area contributed by atoms with Crippen LogP contribution in [0.4, 0.5) is 0 Å². The Labute approximate surface area is 91.2 Å². The van der Waals surface area contributed by atoms with Crippen LogP contribution in [0.3, 0.4) is 0 Å². The smallest absolute Gasteiger partial charge is 0.341 e. The zero-order valence-corrected chi connectivity index (χ0v) is 9.11. The second-order valence-corrected chi connectivity index (χ2v) is 3.49. The third-order valence-corrected chi connectivity index (χ3v) is 2.54. The second kappa shape index (κ2) is 4.07. The van der Waals surface area contributed by atoms with E-state index in [9.17, 15) is 4.79 Å². The second-order valence-electron chi connectivity index (χ2n) is 2.70. The Balaban J connectivity index is 3.56. The van der Waals surface area contributed by atoms with Gasteiger partial charge in [-0.1, -0.05) is 23.2 Å². The molecule has 1 N–H and O–H groups in total. The van der Waals surface area contributed by atoms with Crippen molar-refractivity contribution in [1.29, 1.82) is 0 Å². The van der Waals surface area contributed by atoms with Crippen LogP contribution in [0.1, 0.15) is 15.9 Å². The van der Waals surface area contributed by atoms with Crippen molar-refractivity contribution in [3.8, 4) is 5.75 Å². The van der Waals surface area contributed by atoms with Gasteiger partial charge in [0.2, 0.25) is 0 Å². The summed E-state index contributed by atoms with van der Waals surface area (Å²) in [5.74, 6) is -1.06. The Bertz CT molecular complexity index is 388. The predicted molar refractivity (Wildman–Crippen MR) is 54.7 cm³/mol. The highest BCUT2D eigenvalue weighted by atomic mass is 35.5. The first-order valence-electron chi connectivity index (χ1n) is 3.75. The largest absolute Gasteiger partial charge is 0.494 e. The highest BCUT2D eigenvalue weighted by molar-refractivity contribution is 6.37. The fourth-order valence-electron chi connectivity index (χ4n) is 1.13. The Morgan fingerprint density at radius 2 is 2.07 bits per heavy atom. The van der Waals surface area contributed by atoms with Gasteiger partial charge in [0, 0.05) is 0 Å². The van der Waals surface area contributed by atoms with Crippen molar-refractivity contribution in [3.05, 3.63) is 27.2 Å². The van der Waals surface area contributed by atoms with Gasteiger partial charge >= 0.3 is 5.97 Å². The molecule has 0 bridgehead atoms. The van der Waals surface area contributed by atoms with Crippen molar-refractivity contribution in [2.45, 2.75) is 6.92 Å². The average Bonchev–Trinajstić information content (AvgIpc) is 2.10. The van der Waals surface area contributed by atoms with Crippen LogP contribution >= 0.6 is 23.2 Å². The van der Waals surface area contributed by atoms with Crippen molar-refractivity contribution in [2.75, 3.05) is 7.11 Å². The van der Waals surface area contributed by atoms with Gasteiger partial charge < -0.3 is 9.84 Å². The van der Waals surface area contributed by atoms with Crippen molar-refractivity contribution < 1.29 is 14.6 Å². The number of rotatable bonds is 2. The molecule has 1 aromatic rings. The first-order valence-corrected chi connectivity index (χ1v) is 4.50. The minimum Gasteiger partial charge on any atom is -0.494 e. The van der Waals surface area contributed by atoms with Crippen LogP contribution in [0.15, 0.2) is 6.07 Å². The number of ether oxygens (including phenoxy) is 1. The van der Waals surface area contributed by atoms with Gasteiger partial charge in [-0.25, -0.2) is 4.79 Å². The van der Waals surface area contributed by atoms with Gasteiger partial charge in [0.1, 0.15) is 5.56 Å². The lowest BCUT2D eigenvalue weighted by atomic mass is 10.1. The molecule has 0 saturated carbocycles. The molecule has 1 rings (SSSR count). The summed E-state index contributed by atoms with van der Waals surface area (Å²) < 4.78 is 4.88. The van der Waals surface area contributed by atoms with Gasteiger partial charge in [-0.2, -0.15) is 0 Å². The molecule has 76 valence electrons. The zero-order valence-electron chi connectivity index (χ0n) is 7.60. The van der Waals surface area contributed by atoms with E-state index in [4.69, 9.17) is 33.0 Å². The first-order chi connectivity index (χ1) is 6.49. The molecule has 0 heterocycles. The third-order valence-electron chi connectivity index (χ3n) is 1.77. The van der Waals surface area contributed by atoms with Gasteiger partial charge in [0.15, 0.2) is 5.75 Å². The van der Waals surface area contributed by atoms with Gasteiger partial charge in [0.25, 0.3) is 0 Å². The molecule has 0 aliphatic heterocycles. The number of aromatic carboxylic acids is 1. The van der Waals surface area contributed by atoms with E-state index in [0.29, 0.717) is 5.56 Å². The summed E-state index contributed by atoms with van der Waals surface area (Å²) in [7, 11) is 1.35. The molecule has 0 aliphatic rings. The number of hydrogen-bond acceptors (Lipinski definition) is 2. The maximum Gasteiger partial charge on any atom is 0.341 e. The Morgan fingerprint density at radius 3 is 2.50 bits per heavy atom. The molecule has 0 aromatic heterocycles. The number of halogens is 2. The van der Waals surface area contributed by atoms with Gasteiger partial charge in [0.05, 0.1) is 17.2 Å². The number of aryl methyl sites for hydroxylation is 1. The number of benzene rings is 1. The normalized spacial score (nSPS) is 10.0. The van der Waals surface area contributed by atoms with E-state index in [1.54, 1.807) is 13.0 Å². The van der Waals surface area contributed by atoms with Gasteiger partial charge in [-0.15, -0.1) is 0 Å². The predicted octanol–water partition coefficient (Wildman–Crippen LogP) is 3.01. The SMILES string of the molecule is COc1c(Cl)cc(C)c(Cl)c1C(=O)O. The summed E-state index contributed by atoms with van der Waals surface area (Å²) in [4.78, 5) is 10.9.